The number of alkyl carbamates (subject to hydrolysis) is 1. The van der Waals surface area contributed by atoms with Crippen molar-refractivity contribution >= 4 is 6.09 Å². The number of rotatable bonds is 8. The number of nitrogens with zero attached hydrogens (tertiary/aromatic N) is 1. The first-order valence-electron chi connectivity index (χ1n) is 12.8. The van der Waals surface area contributed by atoms with Crippen molar-refractivity contribution < 1.29 is 14.3 Å². The van der Waals surface area contributed by atoms with Gasteiger partial charge in [-0.15, -0.1) is 0 Å². The fraction of sp³-hybridized carbons (Fsp3) is 0.250. The molecule has 37 heavy (non-hydrogen) atoms. The number of carbonyl (C=O) groups excluding carboxylic acids is 1. The van der Waals surface area contributed by atoms with Crippen molar-refractivity contribution in [2.75, 3.05) is 13.7 Å². The summed E-state index contributed by atoms with van der Waals surface area (Å²) in [6.07, 6.45) is 3.05. The van der Waals surface area contributed by atoms with E-state index < -0.39 is 6.09 Å². The summed E-state index contributed by atoms with van der Waals surface area (Å²) in [7, 11) is 1.68. The Hall–Kier alpha value is -4.12. The van der Waals surface area contributed by atoms with Crippen molar-refractivity contribution in [3.05, 3.63) is 107 Å². The third kappa shape index (κ3) is 5.21. The van der Waals surface area contributed by atoms with E-state index in [9.17, 15) is 4.79 Å². The lowest BCUT2D eigenvalue weighted by Crippen LogP contribution is -2.35. The Balaban J connectivity index is 1.18. The van der Waals surface area contributed by atoms with E-state index in [0.717, 1.165) is 29.0 Å². The topological polar surface area (TPSA) is 60.5 Å². The Labute approximate surface area is 218 Å². The number of benzene rings is 3. The minimum atomic E-state index is -0.398. The van der Waals surface area contributed by atoms with Gasteiger partial charge in [-0.1, -0.05) is 61.5 Å². The van der Waals surface area contributed by atoms with Crippen molar-refractivity contribution in [3.63, 3.8) is 0 Å². The maximum atomic E-state index is 12.6. The summed E-state index contributed by atoms with van der Waals surface area (Å²) in [6, 6.07) is 26.8. The van der Waals surface area contributed by atoms with Gasteiger partial charge in [-0.25, -0.2) is 4.79 Å². The number of amides is 1. The Kier molecular flexibility index (Phi) is 7.22. The van der Waals surface area contributed by atoms with Gasteiger partial charge < -0.3 is 14.8 Å². The number of ether oxygens (including phenoxy) is 2. The van der Waals surface area contributed by atoms with Crippen molar-refractivity contribution in [2.24, 2.45) is 0 Å². The van der Waals surface area contributed by atoms with Gasteiger partial charge in [0.2, 0.25) is 0 Å². The number of aromatic nitrogens is 1. The zero-order chi connectivity index (χ0) is 25.8. The first kappa shape index (κ1) is 24.6. The maximum absolute atomic E-state index is 12.6. The Bertz CT molecular complexity index is 1350. The number of methoxy groups -OCH3 is 1. The molecular weight excluding hydrogens is 460 g/mol. The molecule has 1 aliphatic rings. The van der Waals surface area contributed by atoms with Gasteiger partial charge in [0.05, 0.1) is 12.8 Å². The van der Waals surface area contributed by atoms with E-state index in [1.807, 2.05) is 49.5 Å². The number of fused-ring (bicyclic) bond motifs is 3. The van der Waals surface area contributed by atoms with Crippen LogP contribution < -0.4 is 10.1 Å². The normalized spacial score (nSPS) is 12.9. The highest BCUT2D eigenvalue weighted by Gasteiger charge is 2.29. The van der Waals surface area contributed by atoms with Crippen LogP contribution >= 0.6 is 0 Å². The van der Waals surface area contributed by atoms with Crippen LogP contribution in [0.25, 0.3) is 22.4 Å². The zero-order valence-electron chi connectivity index (χ0n) is 21.5. The van der Waals surface area contributed by atoms with Gasteiger partial charge in [0.25, 0.3) is 0 Å². The Morgan fingerprint density at radius 3 is 2.27 bits per heavy atom. The predicted octanol–water partition coefficient (Wildman–Crippen LogP) is 6.79. The summed E-state index contributed by atoms with van der Waals surface area (Å²) >= 11 is 0. The minimum absolute atomic E-state index is 0.0520. The van der Waals surface area contributed by atoms with Gasteiger partial charge in [-0.2, -0.15) is 0 Å². The number of aryl methyl sites for hydroxylation is 1. The molecule has 0 aliphatic heterocycles. The number of pyridine rings is 1. The summed E-state index contributed by atoms with van der Waals surface area (Å²) in [5.74, 6) is 0.904. The standard InChI is InChI=1S/C32H32N2O3/c1-4-23-18-24(36-3)14-15-25(23)31-16-13-22(19-33-31)17-21(2)34-32(35)37-20-30-28-11-7-5-9-26(28)27-10-6-8-12-29(27)30/h5-16,18-19,21,30H,4,17,20H2,1-3H3,(H,34,35)/t21-/m0/s1. The molecule has 0 unspecified atom stereocenters. The summed E-state index contributed by atoms with van der Waals surface area (Å²) in [4.78, 5) is 17.3. The molecule has 0 fully saturated rings. The number of nitrogens with one attached hydrogen (secondary N) is 1. The molecule has 188 valence electrons. The SMILES string of the molecule is CCc1cc(OC)ccc1-c1ccc(C[C@H](C)NC(=O)OCC2c3ccccc3-c3ccccc32)cn1. The van der Waals surface area contributed by atoms with Crippen LogP contribution in [0.2, 0.25) is 0 Å². The number of hydrogen-bond donors (Lipinski definition) is 1. The first-order valence-corrected chi connectivity index (χ1v) is 12.8. The van der Waals surface area contributed by atoms with Gasteiger partial charge in [-0.05, 0) is 77.4 Å². The molecule has 0 bridgehead atoms. The molecule has 5 rings (SSSR count). The van der Waals surface area contributed by atoms with E-state index in [2.05, 4.69) is 54.7 Å². The molecule has 0 saturated carbocycles. The summed E-state index contributed by atoms with van der Waals surface area (Å²) in [5, 5.41) is 2.97. The van der Waals surface area contributed by atoms with E-state index in [4.69, 9.17) is 14.5 Å². The second-order valence-electron chi connectivity index (χ2n) is 9.50. The Morgan fingerprint density at radius 1 is 0.946 bits per heavy atom. The molecule has 1 aromatic heterocycles. The molecule has 1 heterocycles. The summed E-state index contributed by atoms with van der Waals surface area (Å²) in [6.45, 7) is 4.42. The molecule has 3 aromatic carbocycles. The van der Waals surface area contributed by atoms with Crippen LogP contribution in [0.3, 0.4) is 0 Å². The number of hydrogen-bond acceptors (Lipinski definition) is 4. The summed E-state index contributed by atoms with van der Waals surface area (Å²) in [5.41, 5.74) is 9.15. The average Bonchev–Trinajstić information content (AvgIpc) is 3.25. The van der Waals surface area contributed by atoms with Crippen molar-refractivity contribution in [1.82, 2.24) is 10.3 Å². The van der Waals surface area contributed by atoms with Crippen LogP contribution in [-0.2, 0) is 17.6 Å². The predicted molar refractivity (Wildman–Crippen MR) is 147 cm³/mol. The monoisotopic (exact) mass is 492 g/mol. The highest BCUT2D eigenvalue weighted by Crippen LogP contribution is 2.44. The van der Waals surface area contributed by atoms with E-state index in [1.165, 1.54) is 27.8 Å². The Morgan fingerprint density at radius 2 is 1.65 bits per heavy atom. The average molecular weight is 493 g/mol. The summed E-state index contributed by atoms with van der Waals surface area (Å²) < 4.78 is 11.0. The molecule has 1 amide bonds. The third-order valence-corrected chi connectivity index (χ3v) is 7.04. The molecule has 0 saturated heterocycles. The molecular formula is C32H32N2O3. The smallest absolute Gasteiger partial charge is 0.407 e. The molecule has 0 spiro atoms. The van der Waals surface area contributed by atoms with Crippen LogP contribution in [0.1, 0.15) is 42.0 Å². The fourth-order valence-electron chi connectivity index (χ4n) is 5.19. The second kappa shape index (κ2) is 10.9. The van der Waals surface area contributed by atoms with E-state index >= 15 is 0 Å². The highest BCUT2D eigenvalue weighted by atomic mass is 16.5. The second-order valence-corrected chi connectivity index (χ2v) is 9.50. The van der Waals surface area contributed by atoms with Crippen LogP contribution in [0.15, 0.2) is 85.1 Å². The highest BCUT2D eigenvalue weighted by molar-refractivity contribution is 5.79. The van der Waals surface area contributed by atoms with Gasteiger partial charge in [0.15, 0.2) is 0 Å². The van der Waals surface area contributed by atoms with Gasteiger partial charge in [-0.3, -0.25) is 4.98 Å². The molecule has 4 aromatic rings. The van der Waals surface area contributed by atoms with E-state index in [1.54, 1.807) is 7.11 Å². The van der Waals surface area contributed by atoms with Crippen molar-refractivity contribution in [3.8, 4) is 28.1 Å². The van der Waals surface area contributed by atoms with Gasteiger partial charge in [0, 0.05) is 23.7 Å². The van der Waals surface area contributed by atoms with Crippen LogP contribution in [0.4, 0.5) is 4.79 Å². The van der Waals surface area contributed by atoms with Crippen LogP contribution in [0, 0.1) is 0 Å². The van der Waals surface area contributed by atoms with E-state index in [-0.39, 0.29) is 12.0 Å². The first-order chi connectivity index (χ1) is 18.1. The van der Waals surface area contributed by atoms with Crippen molar-refractivity contribution in [2.45, 2.75) is 38.6 Å². The van der Waals surface area contributed by atoms with Crippen LogP contribution in [0.5, 0.6) is 5.75 Å². The zero-order valence-corrected chi connectivity index (χ0v) is 21.5. The molecule has 1 atom stereocenters. The van der Waals surface area contributed by atoms with Gasteiger partial charge >= 0.3 is 6.09 Å². The molecule has 5 heteroatoms. The fourth-order valence-corrected chi connectivity index (χ4v) is 5.19. The van der Waals surface area contributed by atoms with Crippen LogP contribution in [-0.4, -0.2) is 30.8 Å². The lowest BCUT2D eigenvalue weighted by atomic mass is 9.98. The molecule has 5 nitrogen and oxygen atoms in total. The van der Waals surface area contributed by atoms with Gasteiger partial charge in [0.1, 0.15) is 12.4 Å². The lowest BCUT2D eigenvalue weighted by molar-refractivity contribution is 0.139. The van der Waals surface area contributed by atoms with E-state index in [0.29, 0.717) is 13.0 Å². The molecule has 1 aliphatic carbocycles. The quantitative estimate of drug-likeness (QED) is 0.294. The largest absolute Gasteiger partial charge is 0.497 e. The minimum Gasteiger partial charge on any atom is -0.497 e. The number of carbonyl (C=O) groups is 1. The maximum Gasteiger partial charge on any atom is 0.407 e. The lowest BCUT2D eigenvalue weighted by Gasteiger charge is -2.17. The third-order valence-electron chi connectivity index (χ3n) is 7.04. The molecule has 1 N–H and O–H groups in total. The van der Waals surface area contributed by atoms with Crippen molar-refractivity contribution in [1.29, 1.82) is 0 Å². The molecule has 0 radical (unpaired) electrons.